The van der Waals surface area contributed by atoms with E-state index in [4.69, 9.17) is 5.11 Å². The molecule has 5 nitrogen and oxygen atoms in total. The minimum atomic E-state index is -0.928. The topological polar surface area (TPSA) is 78.9 Å². The van der Waals surface area contributed by atoms with Gasteiger partial charge in [-0.3, -0.25) is 4.79 Å². The number of carboxylic acid groups (broad SMARTS) is 1. The summed E-state index contributed by atoms with van der Waals surface area (Å²) in [6.45, 7) is 1.82. The molecule has 2 rings (SSSR count). The zero-order valence-electron chi connectivity index (χ0n) is 8.77. The van der Waals surface area contributed by atoms with Crippen molar-refractivity contribution >= 4 is 5.97 Å². The van der Waals surface area contributed by atoms with E-state index in [-0.39, 0.29) is 6.42 Å². The van der Waals surface area contributed by atoms with E-state index in [0.717, 1.165) is 11.4 Å². The quantitative estimate of drug-likeness (QED) is 0.814. The van der Waals surface area contributed by atoms with Crippen LogP contribution in [0.25, 0.3) is 11.4 Å². The third-order valence-electron chi connectivity index (χ3n) is 2.08. The number of nitrogens with one attached hydrogen (secondary N) is 1. The molecule has 0 spiro atoms. The summed E-state index contributed by atoms with van der Waals surface area (Å²) in [5, 5.41) is 8.69. The first-order valence-corrected chi connectivity index (χ1v) is 4.85. The number of H-pyrrole nitrogens is 1. The number of carboxylic acids is 1. The summed E-state index contributed by atoms with van der Waals surface area (Å²) in [7, 11) is 0. The number of hydrogen-bond donors (Lipinski definition) is 2. The maximum atomic E-state index is 10.6. The Labute approximate surface area is 92.2 Å². The highest BCUT2D eigenvalue weighted by Crippen LogP contribution is 2.15. The van der Waals surface area contributed by atoms with Gasteiger partial charge in [-0.05, 0) is 25.1 Å². The molecule has 2 N–H and O–H groups in total. The second-order valence-corrected chi connectivity index (χ2v) is 3.47. The predicted molar refractivity (Wildman–Crippen MR) is 57.9 cm³/mol. The molecular weight excluding hydrogens is 206 g/mol. The van der Waals surface area contributed by atoms with E-state index in [1.807, 2.05) is 25.1 Å². The fraction of sp³-hybridized carbons (Fsp3) is 0.182. The van der Waals surface area contributed by atoms with E-state index in [1.54, 1.807) is 6.20 Å². The van der Waals surface area contributed by atoms with Crippen LogP contribution in [0.3, 0.4) is 0 Å². The van der Waals surface area contributed by atoms with Crippen LogP contribution in [0.15, 0.2) is 24.4 Å². The monoisotopic (exact) mass is 217 g/mol. The molecule has 0 aliphatic heterocycles. The van der Waals surface area contributed by atoms with Crippen LogP contribution in [0.5, 0.6) is 0 Å². The van der Waals surface area contributed by atoms with Crippen molar-refractivity contribution in [2.24, 2.45) is 0 Å². The minimum Gasteiger partial charge on any atom is -0.481 e. The Hall–Kier alpha value is -2.17. The molecule has 0 aliphatic carbocycles. The zero-order chi connectivity index (χ0) is 11.5. The van der Waals surface area contributed by atoms with Crippen molar-refractivity contribution in [1.29, 1.82) is 0 Å². The van der Waals surface area contributed by atoms with Crippen molar-refractivity contribution in [1.82, 2.24) is 15.0 Å². The van der Waals surface area contributed by atoms with Gasteiger partial charge in [-0.15, -0.1) is 0 Å². The molecule has 0 saturated carbocycles. The van der Waals surface area contributed by atoms with Gasteiger partial charge in [0, 0.05) is 11.9 Å². The average Bonchev–Trinajstić information content (AvgIpc) is 2.67. The van der Waals surface area contributed by atoms with E-state index in [9.17, 15) is 4.79 Å². The summed E-state index contributed by atoms with van der Waals surface area (Å²) in [6.07, 6.45) is 1.64. The van der Waals surface area contributed by atoms with Crippen molar-refractivity contribution in [3.05, 3.63) is 35.9 Å². The Bertz CT molecular complexity index is 506. The van der Waals surface area contributed by atoms with Gasteiger partial charge in [-0.1, -0.05) is 0 Å². The summed E-state index contributed by atoms with van der Waals surface area (Å²) < 4.78 is 0. The molecule has 0 aromatic carbocycles. The molecule has 0 aliphatic rings. The lowest BCUT2D eigenvalue weighted by Gasteiger charge is -2.02. The summed E-state index contributed by atoms with van der Waals surface area (Å²) in [4.78, 5) is 21.9. The molecular formula is C11H11N3O2. The van der Waals surface area contributed by atoms with Crippen LogP contribution in [0.4, 0.5) is 0 Å². The van der Waals surface area contributed by atoms with E-state index in [1.165, 1.54) is 0 Å². The van der Waals surface area contributed by atoms with Gasteiger partial charge in [0.25, 0.3) is 0 Å². The van der Waals surface area contributed by atoms with Crippen molar-refractivity contribution < 1.29 is 9.90 Å². The fourth-order valence-electron chi connectivity index (χ4n) is 1.47. The van der Waals surface area contributed by atoms with Gasteiger partial charge >= 0.3 is 5.97 Å². The SMILES string of the molecule is Cc1cc(-c2ccc[nH]2)nc(CC(=O)O)n1. The van der Waals surface area contributed by atoms with E-state index in [0.29, 0.717) is 11.5 Å². The van der Waals surface area contributed by atoms with Crippen LogP contribution < -0.4 is 0 Å². The highest BCUT2D eigenvalue weighted by molar-refractivity contribution is 5.69. The Kier molecular flexibility index (Phi) is 2.68. The second kappa shape index (κ2) is 4.14. The maximum absolute atomic E-state index is 10.6. The summed E-state index contributed by atoms with van der Waals surface area (Å²) >= 11 is 0. The second-order valence-electron chi connectivity index (χ2n) is 3.47. The van der Waals surface area contributed by atoms with E-state index in [2.05, 4.69) is 15.0 Å². The number of carbonyl (C=O) groups is 1. The number of aromatic nitrogens is 3. The van der Waals surface area contributed by atoms with Crippen molar-refractivity contribution in [2.45, 2.75) is 13.3 Å². The number of rotatable bonds is 3. The van der Waals surface area contributed by atoms with Gasteiger partial charge < -0.3 is 10.1 Å². The Morgan fingerprint density at radius 1 is 1.50 bits per heavy atom. The first-order valence-electron chi connectivity index (χ1n) is 4.85. The Morgan fingerprint density at radius 2 is 2.31 bits per heavy atom. The van der Waals surface area contributed by atoms with Gasteiger partial charge in [0.15, 0.2) is 0 Å². The van der Waals surface area contributed by atoms with E-state index >= 15 is 0 Å². The maximum Gasteiger partial charge on any atom is 0.311 e. The number of nitrogens with zero attached hydrogens (tertiary/aromatic N) is 2. The van der Waals surface area contributed by atoms with Gasteiger partial charge in [0.2, 0.25) is 0 Å². The van der Waals surface area contributed by atoms with Crippen LogP contribution in [0, 0.1) is 6.92 Å². The lowest BCUT2D eigenvalue weighted by atomic mass is 10.2. The lowest BCUT2D eigenvalue weighted by Crippen LogP contribution is -2.06. The summed E-state index contributed by atoms with van der Waals surface area (Å²) in [6, 6.07) is 5.56. The lowest BCUT2D eigenvalue weighted by molar-refractivity contribution is -0.136. The van der Waals surface area contributed by atoms with Gasteiger partial charge in [-0.2, -0.15) is 0 Å². The number of aromatic amines is 1. The zero-order valence-corrected chi connectivity index (χ0v) is 8.77. The smallest absolute Gasteiger partial charge is 0.311 e. The molecule has 82 valence electrons. The molecule has 0 amide bonds. The molecule has 2 aromatic rings. The first kappa shape index (κ1) is 10.4. The Morgan fingerprint density at radius 3 is 2.94 bits per heavy atom. The molecule has 0 atom stereocenters. The molecule has 16 heavy (non-hydrogen) atoms. The molecule has 0 radical (unpaired) electrons. The standard InChI is InChI=1S/C11H11N3O2/c1-7-5-9(8-3-2-4-12-8)14-10(13-7)6-11(15)16/h2-5,12H,6H2,1H3,(H,15,16). The number of aliphatic carboxylic acids is 1. The molecule has 2 heterocycles. The van der Waals surface area contributed by atoms with Crippen molar-refractivity contribution in [2.75, 3.05) is 0 Å². The van der Waals surface area contributed by atoms with Crippen molar-refractivity contribution in [3.8, 4) is 11.4 Å². The third kappa shape index (κ3) is 2.25. The van der Waals surface area contributed by atoms with Crippen LogP contribution >= 0.6 is 0 Å². The molecule has 0 fully saturated rings. The van der Waals surface area contributed by atoms with Crippen molar-refractivity contribution in [3.63, 3.8) is 0 Å². The van der Waals surface area contributed by atoms with Crippen LogP contribution in [0.1, 0.15) is 11.5 Å². The largest absolute Gasteiger partial charge is 0.481 e. The molecule has 0 unspecified atom stereocenters. The first-order chi connectivity index (χ1) is 7.65. The minimum absolute atomic E-state index is 0.157. The van der Waals surface area contributed by atoms with Crippen LogP contribution in [-0.2, 0) is 11.2 Å². The van der Waals surface area contributed by atoms with Gasteiger partial charge in [0.05, 0.1) is 11.4 Å². The van der Waals surface area contributed by atoms with E-state index < -0.39 is 5.97 Å². The predicted octanol–water partition coefficient (Wildman–Crippen LogP) is 1.41. The number of hydrogen-bond acceptors (Lipinski definition) is 3. The molecule has 5 heteroatoms. The molecule has 2 aromatic heterocycles. The summed E-state index contributed by atoms with van der Waals surface area (Å²) in [5.41, 5.74) is 2.33. The highest BCUT2D eigenvalue weighted by Gasteiger charge is 2.08. The molecule has 0 bridgehead atoms. The Balaban J connectivity index is 2.40. The van der Waals surface area contributed by atoms with Crippen LogP contribution in [0.2, 0.25) is 0 Å². The normalized spacial score (nSPS) is 10.3. The highest BCUT2D eigenvalue weighted by atomic mass is 16.4. The third-order valence-corrected chi connectivity index (χ3v) is 2.08. The van der Waals surface area contributed by atoms with Gasteiger partial charge in [-0.25, -0.2) is 9.97 Å². The number of aryl methyl sites for hydroxylation is 1. The summed E-state index contributed by atoms with van der Waals surface area (Å²) in [5.74, 6) is -0.597. The molecule has 0 saturated heterocycles. The average molecular weight is 217 g/mol. The van der Waals surface area contributed by atoms with Gasteiger partial charge in [0.1, 0.15) is 12.2 Å². The fourth-order valence-corrected chi connectivity index (χ4v) is 1.47. The van der Waals surface area contributed by atoms with Crippen LogP contribution in [-0.4, -0.2) is 26.0 Å².